The molecule has 1 aliphatic carbocycles. The summed E-state index contributed by atoms with van der Waals surface area (Å²) >= 11 is 0. The Kier molecular flexibility index (Phi) is 3.73. The van der Waals surface area contributed by atoms with Crippen molar-refractivity contribution in [3.63, 3.8) is 0 Å². The molecular weight excluding hydrogens is 264 g/mol. The summed E-state index contributed by atoms with van der Waals surface area (Å²) in [5, 5.41) is 2.96. The quantitative estimate of drug-likeness (QED) is 0.909. The molecule has 0 saturated heterocycles. The van der Waals surface area contributed by atoms with Gasteiger partial charge in [-0.1, -0.05) is 0 Å². The van der Waals surface area contributed by atoms with Crippen molar-refractivity contribution >= 4 is 5.91 Å². The standard InChI is InChI=1S/C16H20N4O/c1-10-8-18-15(19-10)11(2)20-16(21)13-7-12-5-3-4-6-14(12)17-9-13/h7-9,11H,3-6H2,1-2H3,(H,18,19)(H,20,21). The van der Waals surface area contributed by atoms with Crippen molar-refractivity contribution in [2.24, 2.45) is 0 Å². The molecule has 0 radical (unpaired) electrons. The number of aromatic nitrogens is 3. The first-order chi connectivity index (χ1) is 10.1. The van der Waals surface area contributed by atoms with Crippen LogP contribution < -0.4 is 5.32 Å². The first-order valence-corrected chi connectivity index (χ1v) is 7.43. The lowest BCUT2D eigenvalue weighted by atomic mass is 9.95. The van der Waals surface area contributed by atoms with Crippen molar-refractivity contribution in [2.45, 2.75) is 45.6 Å². The fraction of sp³-hybridized carbons (Fsp3) is 0.438. The maximum Gasteiger partial charge on any atom is 0.253 e. The van der Waals surface area contributed by atoms with Crippen LogP contribution in [0.3, 0.4) is 0 Å². The Balaban J connectivity index is 1.73. The van der Waals surface area contributed by atoms with Gasteiger partial charge in [0, 0.05) is 23.8 Å². The Morgan fingerprint density at radius 3 is 2.86 bits per heavy atom. The van der Waals surface area contributed by atoms with Gasteiger partial charge in [-0.15, -0.1) is 0 Å². The van der Waals surface area contributed by atoms with E-state index < -0.39 is 0 Å². The second-order valence-electron chi connectivity index (χ2n) is 5.68. The number of hydrogen-bond donors (Lipinski definition) is 2. The number of aryl methyl sites for hydroxylation is 3. The van der Waals surface area contributed by atoms with E-state index >= 15 is 0 Å². The van der Waals surface area contributed by atoms with E-state index in [1.165, 1.54) is 18.4 Å². The van der Waals surface area contributed by atoms with Gasteiger partial charge in [-0.2, -0.15) is 0 Å². The van der Waals surface area contributed by atoms with Gasteiger partial charge >= 0.3 is 0 Å². The topological polar surface area (TPSA) is 70.7 Å². The predicted octanol–water partition coefficient (Wildman–Crippen LogP) is 2.48. The zero-order chi connectivity index (χ0) is 14.8. The molecule has 1 aliphatic rings. The number of pyridine rings is 1. The molecule has 21 heavy (non-hydrogen) atoms. The highest BCUT2D eigenvalue weighted by molar-refractivity contribution is 5.94. The zero-order valence-corrected chi connectivity index (χ0v) is 12.4. The molecule has 110 valence electrons. The lowest BCUT2D eigenvalue weighted by Gasteiger charge is -2.16. The van der Waals surface area contributed by atoms with Crippen LogP contribution in [0.5, 0.6) is 0 Å². The molecule has 1 amide bonds. The van der Waals surface area contributed by atoms with Gasteiger partial charge in [-0.25, -0.2) is 4.98 Å². The van der Waals surface area contributed by atoms with E-state index in [0.717, 1.165) is 30.1 Å². The lowest BCUT2D eigenvalue weighted by molar-refractivity contribution is 0.0938. The summed E-state index contributed by atoms with van der Waals surface area (Å²) in [5.74, 6) is 0.671. The van der Waals surface area contributed by atoms with E-state index in [2.05, 4.69) is 20.3 Å². The molecule has 5 nitrogen and oxygen atoms in total. The number of carbonyl (C=O) groups excluding carboxylic acids is 1. The maximum absolute atomic E-state index is 12.3. The molecule has 2 heterocycles. The molecule has 2 aromatic heterocycles. The molecule has 0 aromatic carbocycles. The van der Waals surface area contributed by atoms with Crippen LogP contribution >= 0.6 is 0 Å². The van der Waals surface area contributed by atoms with E-state index in [1.54, 1.807) is 12.4 Å². The Hall–Kier alpha value is -2.17. The number of carbonyl (C=O) groups is 1. The SMILES string of the molecule is Cc1cnc(C(C)NC(=O)c2cnc3c(c2)CCCC3)[nH]1. The maximum atomic E-state index is 12.3. The molecule has 0 aliphatic heterocycles. The van der Waals surface area contributed by atoms with Crippen molar-refractivity contribution in [1.82, 2.24) is 20.3 Å². The summed E-state index contributed by atoms with van der Waals surface area (Å²) in [5.41, 5.74) is 3.98. The number of hydrogen-bond acceptors (Lipinski definition) is 3. The number of aromatic amines is 1. The number of amides is 1. The van der Waals surface area contributed by atoms with Crippen LogP contribution in [0, 0.1) is 6.92 Å². The smallest absolute Gasteiger partial charge is 0.253 e. The van der Waals surface area contributed by atoms with Gasteiger partial charge in [0.25, 0.3) is 5.91 Å². The largest absolute Gasteiger partial charge is 0.344 e. The van der Waals surface area contributed by atoms with Crippen LogP contribution in [0.2, 0.25) is 0 Å². The van der Waals surface area contributed by atoms with Crippen molar-refractivity contribution in [3.8, 4) is 0 Å². The van der Waals surface area contributed by atoms with Crippen molar-refractivity contribution in [2.75, 3.05) is 0 Å². The van der Waals surface area contributed by atoms with Gasteiger partial charge in [0.15, 0.2) is 0 Å². The van der Waals surface area contributed by atoms with Crippen molar-refractivity contribution in [3.05, 3.63) is 46.8 Å². The monoisotopic (exact) mass is 284 g/mol. The molecule has 2 aromatic rings. The number of fused-ring (bicyclic) bond motifs is 1. The summed E-state index contributed by atoms with van der Waals surface area (Å²) in [6, 6.07) is 1.83. The Labute approximate surface area is 124 Å². The molecule has 3 rings (SSSR count). The van der Waals surface area contributed by atoms with Gasteiger partial charge in [0.1, 0.15) is 5.82 Å². The third kappa shape index (κ3) is 2.96. The van der Waals surface area contributed by atoms with Crippen LogP contribution in [0.15, 0.2) is 18.5 Å². The van der Waals surface area contributed by atoms with Gasteiger partial charge < -0.3 is 10.3 Å². The van der Waals surface area contributed by atoms with E-state index in [0.29, 0.717) is 5.56 Å². The number of nitrogens with one attached hydrogen (secondary N) is 2. The van der Waals surface area contributed by atoms with Crippen LogP contribution in [0.25, 0.3) is 0 Å². The molecule has 0 bridgehead atoms. The summed E-state index contributed by atoms with van der Waals surface area (Å²) < 4.78 is 0. The van der Waals surface area contributed by atoms with E-state index in [1.807, 2.05) is 19.9 Å². The van der Waals surface area contributed by atoms with Crippen LogP contribution in [-0.4, -0.2) is 20.9 Å². The summed E-state index contributed by atoms with van der Waals surface area (Å²) in [6.45, 7) is 3.86. The Morgan fingerprint density at radius 1 is 1.29 bits per heavy atom. The highest BCUT2D eigenvalue weighted by Crippen LogP contribution is 2.20. The van der Waals surface area contributed by atoms with Gasteiger partial charge in [-0.3, -0.25) is 9.78 Å². The Morgan fingerprint density at radius 2 is 2.10 bits per heavy atom. The molecule has 0 fully saturated rings. The third-order valence-electron chi connectivity index (χ3n) is 3.91. The van der Waals surface area contributed by atoms with Crippen molar-refractivity contribution in [1.29, 1.82) is 0 Å². The van der Waals surface area contributed by atoms with E-state index in [4.69, 9.17) is 0 Å². The van der Waals surface area contributed by atoms with Gasteiger partial charge in [-0.05, 0) is 51.2 Å². The number of nitrogens with zero attached hydrogens (tertiary/aromatic N) is 2. The summed E-state index contributed by atoms with van der Waals surface area (Å²) in [6.07, 6.45) is 7.87. The van der Waals surface area contributed by atoms with Crippen LogP contribution in [0.1, 0.15) is 58.9 Å². The number of H-pyrrole nitrogens is 1. The normalized spacial score (nSPS) is 15.3. The number of rotatable bonds is 3. The van der Waals surface area contributed by atoms with Crippen LogP contribution in [0.4, 0.5) is 0 Å². The van der Waals surface area contributed by atoms with E-state index in [-0.39, 0.29) is 11.9 Å². The molecule has 0 saturated carbocycles. The minimum atomic E-state index is -0.151. The van der Waals surface area contributed by atoms with Crippen molar-refractivity contribution < 1.29 is 4.79 Å². The molecule has 0 spiro atoms. The predicted molar refractivity (Wildman–Crippen MR) is 80.1 cm³/mol. The molecular formula is C16H20N4O. The van der Waals surface area contributed by atoms with Gasteiger partial charge in [0.2, 0.25) is 0 Å². The average molecular weight is 284 g/mol. The van der Waals surface area contributed by atoms with Gasteiger partial charge in [0.05, 0.1) is 11.6 Å². The Bertz CT molecular complexity index is 662. The first-order valence-electron chi connectivity index (χ1n) is 7.43. The molecule has 2 N–H and O–H groups in total. The molecule has 1 atom stereocenters. The molecule has 5 heteroatoms. The lowest BCUT2D eigenvalue weighted by Crippen LogP contribution is -2.27. The second kappa shape index (κ2) is 5.68. The minimum absolute atomic E-state index is 0.0996. The highest BCUT2D eigenvalue weighted by atomic mass is 16.1. The fourth-order valence-electron chi connectivity index (χ4n) is 2.71. The zero-order valence-electron chi connectivity index (χ0n) is 12.4. The van der Waals surface area contributed by atoms with Crippen LogP contribution in [-0.2, 0) is 12.8 Å². The molecule has 1 unspecified atom stereocenters. The second-order valence-corrected chi connectivity index (χ2v) is 5.68. The first kappa shape index (κ1) is 13.8. The third-order valence-corrected chi connectivity index (χ3v) is 3.91. The van der Waals surface area contributed by atoms with E-state index in [9.17, 15) is 4.79 Å². The minimum Gasteiger partial charge on any atom is -0.344 e. The number of imidazole rings is 1. The summed E-state index contributed by atoms with van der Waals surface area (Å²) in [4.78, 5) is 24.2. The average Bonchev–Trinajstić information content (AvgIpc) is 2.93. The highest BCUT2D eigenvalue weighted by Gasteiger charge is 2.17. The fourth-order valence-corrected chi connectivity index (χ4v) is 2.71. The summed E-state index contributed by atoms with van der Waals surface area (Å²) in [7, 11) is 0.